The third-order valence-corrected chi connectivity index (χ3v) is 3.71. The first-order valence-electron chi connectivity index (χ1n) is 7.50. The molecule has 1 atom stereocenters. The lowest BCUT2D eigenvalue weighted by atomic mass is 10.0. The average molecular weight is 273 g/mol. The second-order valence-electron chi connectivity index (χ2n) is 5.56. The molecule has 0 saturated carbocycles. The summed E-state index contributed by atoms with van der Waals surface area (Å²) >= 11 is 0. The number of rotatable bonds is 9. The van der Waals surface area contributed by atoms with Gasteiger partial charge in [-0.25, -0.2) is 0 Å². The Hall–Kier alpha value is -1.37. The molecule has 0 radical (unpaired) electrons. The minimum Gasteiger partial charge on any atom is -0.309 e. The number of hydrogen-bond donors (Lipinski definition) is 1. The highest BCUT2D eigenvalue weighted by molar-refractivity contribution is 5.19. The van der Waals surface area contributed by atoms with E-state index in [1.165, 1.54) is 12.0 Å². The first kappa shape index (κ1) is 16.7. The number of nitriles is 1. The van der Waals surface area contributed by atoms with E-state index in [1.54, 1.807) is 0 Å². The molecule has 0 aliphatic rings. The zero-order valence-electron chi connectivity index (χ0n) is 13.0. The molecule has 0 bridgehead atoms. The molecule has 0 heterocycles. The van der Waals surface area contributed by atoms with Crippen LogP contribution < -0.4 is 5.32 Å². The molecule has 20 heavy (non-hydrogen) atoms. The lowest BCUT2D eigenvalue weighted by molar-refractivity contribution is 0.267. The zero-order chi connectivity index (χ0) is 14.8. The number of nitrogens with one attached hydrogen (secondary N) is 1. The zero-order valence-corrected chi connectivity index (χ0v) is 13.0. The van der Waals surface area contributed by atoms with Gasteiger partial charge in [0.1, 0.15) is 0 Å². The van der Waals surface area contributed by atoms with E-state index in [2.05, 4.69) is 49.3 Å². The Morgan fingerprint density at radius 3 is 2.50 bits per heavy atom. The maximum Gasteiger partial charge on any atom is 0.0641 e. The normalized spacial score (nSPS) is 12.6. The van der Waals surface area contributed by atoms with Crippen LogP contribution in [0.2, 0.25) is 0 Å². The van der Waals surface area contributed by atoms with Gasteiger partial charge >= 0.3 is 0 Å². The number of nitrogens with zero attached hydrogens (tertiary/aromatic N) is 2. The molecular formula is C17H27N3. The van der Waals surface area contributed by atoms with Crippen molar-refractivity contribution in [2.24, 2.45) is 0 Å². The summed E-state index contributed by atoms with van der Waals surface area (Å²) in [6.45, 7) is 6.54. The predicted molar refractivity (Wildman–Crippen MR) is 84.4 cm³/mol. The van der Waals surface area contributed by atoms with Crippen LogP contribution in [0.1, 0.15) is 44.7 Å². The molecule has 0 fully saturated rings. The van der Waals surface area contributed by atoms with Crippen molar-refractivity contribution in [2.45, 2.75) is 45.2 Å². The quantitative estimate of drug-likeness (QED) is 0.701. The van der Waals surface area contributed by atoms with E-state index in [4.69, 9.17) is 5.26 Å². The summed E-state index contributed by atoms with van der Waals surface area (Å²) in [6.07, 6.45) is 2.86. The maximum atomic E-state index is 8.94. The van der Waals surface area contributed by atoms with Crippen LogP contribution in [0.15, 0.2) is 30.3 Å². The minimum atomic E-state index is 0.157. The average Bonchev–Trinajstić information content (AvgIpc) is 2.46. The summed E-state index contributed by atoms with van der Waals surface area (Å²) in [5, 5.41) is 12.4. The van der Waals surface area contributed by atoms with Crippen molar-refractivity contribution in [2.75, 3.05) is 20.1 Å². The lowest BCUT2D eigenvalue weighted by Gasteiger charge is -2.21. The summed E-state index contributed by atoms with van der Waals surface area (Å²) in [7, 11) is 2.17. The van der Waals surface area contributed by atoms with E-state index in [1.807, 2.05) is 18.2 Å². The molecule has 1 aromatic rings. The van der Waals surface area contributed by atoms with Crippen molar-refractivity contribution in [1.82, 2.24) is 10.2 Å². The standard InChI is InChI=1S/C17H27N3/c1-15(2)20(3)14-8-7-13-19-17(11-12-18)16-9-5-4-6-10-16/h4-6,9-10,15,17,19H,7-8,11,13-14H2,1-3H3. The fourth-order valence-corrected chi connectivity index (χ4v) is 2.11. The molecule has 0 saturated heterocycles. The summed E-state index contributed by atoms with van der Waals surface area (Å²) in [4.78, 5) is 2.37. The van der Waals surface area contributed by atoms with Gasteiger partial charge < -0.3 is 10.2 Å². The van der Waals surface area contributed by atoms with Crippen molar-refractivity contribution in [1.29, 1.82) is 5.26 Å². The van der Waals surface area contributed by atoms with Crippen LogP contribution in [0.4, 0.5) is 0 Å². The van der Waals surface area contributed by atoms with Crippen LogP contribution in [0.5, 0.6) is 0 Å². The molecule has 0 amide bonds. The number of hydrogen-bond acceptors (Lipinski definition) is 3. The van der Waals surface area contributed by atoms with Crippen LogP contribution in [0.25, 0.3) is 0 Å². The highest BCUT2D eigenvalue weighted by Crippen LogP contribution is 2.15. The van der Waals surface area contributed by atoms with E-state index in [0.29, 0.717) is 12.5 Å². The molecule has 0 aromatic heterocycles. The predicted octanol–water partition coefficient (Wildman–Crippen LogP) is 3.35. The van der Waals surface area contributed by atoms with E-state index in [9.17, 15) is 0 Å². The SMILES string of the molecule is CC(C)N(C)CCCCNC(CC#N)c1ccccc1. The summed E-state index contributed by atoms with van der Waals surface area (Å²) in [6, 6.07) is 13.3. The van der Waals surface area contributed by atoms with Gasteiger partial charge in [-0.05, 0) is 52.4 Å². The maximum absolute atomic E-state index is 8.94. The van der Waals surface area contributed by atoms with E-state index >= 15 is 0 Å². The first-order chi connectivity index (χ1) is 9.65. The molecule has 0 aliphatic carbocycles. The second kappa shape index (κ2) is 9.52. The largest absolute Gasteiger partial charge is 0.309 e. The fourth-order valence-electron chi connectivity index (χ4n) is 2.11. The van der Waals surface area contributed by atoms with E-state index in [0.717, 1.165) is 19.5 Å². The molecule has 1 unspecified atom stereocenters. The van der Waals surface area contributed by atoms with Crippen LogP contribution in [-0.4, -0.2) is 31.1 Å². The molecular weight excluding hydrogens is 246 g/mol. The van der Waals surface area contributed by atoms with Gasteiger partial charge in [0.05, 0.1) is 12.5 Å². The van der Waals surface area contributed by atoms with Crippen molar-refractivity contribution in [3.8, 4) is 6.07 Å². The Bertz CT molecular complexity index is 394. The van der Waals surface area contributed by atoms with Crippen molar-refractivity contribution in [3.05, 3.63) is 35.9 Å². The third-order valence-electron chi connectivity index (χ3n) is 3.71. The summed E-state index contributed by atoms with van der Waals surface area (Å²) < 4.78 is 0. The van der Waals surface area contributed by atoms with Crippen LogP contribution in [0.3, 0.4) is 0 Å². The molecule has 0 aliphatic heterocycles. The minimum absolute atomic E-state index is 0.157. The Kier molecular flexibility index (Phi) is 7.94. The second-order valence-corrected chi connectivity index (χ2v) is 5.56. The Morgan fingerprint density at radius 1 is 1.20 bits per heavy atom. The lowest BCUT2D eigenvalue weighted by Crippen LogP contribution is -2.28. The fraction of sp³-hybridized carbons (Fsp3) is 0.588. The Balaban J connectivity index is 2.29. The smallest absolute Gasteiger partial charge is 0.0641 e. The van der Waals surface area contributed by atoms with E-state index in [-0.39, 0.29) is 6.04 Å². The van der Waals surface area contributed by atoms with Crippen LogP contribution >= 0.6 is 0 Å². The molecule has 1 N–H and O–H groups in total. The van der Waals surface area contributed by atoms with Crippen molar-refractivity contribution >= 4 is 0 Å². The number of benzene rings is 1. The van der Waals surface area contributed by atoms with Crippen LogP contribution in [0, 0.1) is 11.3 Å². The molecule has 0 spiro atoms. The Labute approximate surface area is 123 Å². The summed E-state index contributed by atoms with van der Waals surface area (Å²) in [5.74, 6) is 0. The van der Waals surface area contributed by atoms with Gasteiger partial charge in [-0.3, -0.25) is 0 Å². The van der Waals surface area contributed by atoms with Gasteiger partial charge in [-0.1, -0.05) is 30.3 Å². The molecule has 1 aromatic carbocycles. The van der Waals surface area contributed by atoms with Gasteiger partial charge in [0.15, 0.2) is 0 Å². The monoisotopic (exact) mass is 273 g/mol. The van der Waals surface area contributed by atoms with Crippen LogP contribution in [-0.2, 0) is 0 Å². The van der Waals surface area contributed by atoms with Gasteiger partial charge in [-0.2, -0.15) is 5.26 Å². The molecule has 1 rings (SSSR count). The van der Waals surface area contributed by atoms with Crippen molar-refractivity contribution in [3.63, 3.8) is 0 Å². The van der Waals surface area contributed by atoms with Gasteiger partial charge in [0.25, 0.3) is 0 Å². The molecule has 3 nitrogen and oxygen atoms in total. The highest BCUT2D eigenvalue weighted by Gasteiger charge is 2.09. The van der Waals surface area contributed by atoms with Gasteiger partial charge in [0.2, 0.25) is 0 Å². The van der Waals surface area contributed by atoms with Gasteiger partial charge in [-0.15, -0.1) is 0 Å². The van der Waals surface area contributed by atoms with Crippen molar-refractivity contribution < 1.29 is 0 Å². The number of unbranched alkanes of at least 4 members (excludes halogenated alkanes) is 1. The van der Waals surface area contributed by atoms with E-state index < -0.39 is 0 Å². The highest BCUT2D eigenvalue weighted by atomic mass is 15.1. The summed E-state index contributed by atoms with van der Waals surface area (Å²) in [5.41, 5.74) is 1.20. The van der Waals surface area contributed by atoms with Gasteiger partial charge in [0, 0.05) is 12.1 Å². The Morgan fingerprint density at radius 2 is 1.90 bits per heavy atom. The topological polar surface area (TPSA) is 39.1 Å². The first-order valence-corrected chi connectivity index (χ1v) is 7.50. The molecule has 110 valence electrons. The third kappa shape index (κ3) is 6.18. The molecule has 3 heteroatoms.